The lowest BCUT2D eigenvalue weighted by atomic mass is 9.99. The minimum absolute atomic E-state index is 0.000152. The van der Waals surface area contributed by atoms with Crippen LogP contribution in [0.4, 0.5) is 0 Å². The maximum atomic E-state index is 13.6. The predicted octanol–water partition coefficient (Wildman–Crippen LogP) is 2.49. The number of hydrogen-bond acceptors (Lipinski definition) is 7. The summed E-state index contributed by atoms with van der Waals surface area (Å²) in [4.78, 5) is 26.3. The van der Waals surface area contributed by atoms with Crippen LogP contribution in [0, 0.1) is 17.8 Å². The molecule has 192 valence electrons. The SMILES string of the molecule is C[C@H]1CN([C@@H](C)CO)C(=O)c2cc(C#CC3(O)CCCC3)cnc2O[C@H]1CN(C)Cc1ccccn1. The van der Waals surface area contributed by atoms with Crippen LogP contribution in [0.3, 0.4) is 0 Å². The average Bonchev–Trinajstić information content (AvgIpc) is 3.31. The molecular formula is C28H36N4O4. The van der Waals surface area contributed by atoms with Crippen molar-refractivity contribution in [3.05, 3.63) is 53.5 Å². The predicted molar refractivity (Wildman–Crippen MR) is 136 cm³/mol. The number of likely N-dealkylation sites (N-methyl/N-ethyl adjacent to an activating group) is 1. The molecule has 1 aliphatic carbocycles. The Hall–Kier alpha value is -2.99. The minimum atomic E-state index is -0.971. The van der Waals surface area contributed by atoms with E-state index < -0.39 is 5.60 Å². The van der Waals surface area contributed by atoms with Crippen LogP contribution in [0.1, 0.15) is 61.1 Å². The summed E-state index contributed by atoms with van der Waals surface area (Å²) in [5.41, 5.74) is 0.876. The fraction of sp³-hybridized carbons (Fsp3) is 0.536. The number of hydrogen-bond donors (Lipinski definition) is 2. The molecule has 0 spiro atoms. The maximum absolute atomic E-state index is 13.6. The first-order valence-electron chi connectivity index (χ1n) is 12.7. The second-order valence-corrected chi connectivity index (χ2v) is 10.2. The van der Waals surface area contributed by atoms with Crippen LogP contribution in [-0.2, 0) is 6.54 Å². The van der Waals surface area contributed by atoms with Gasteiger partial charge in [0.1, 0.15) is 17.3 Å². The lowest BCUT2D eigenvalue weighted by Crippen LogP contribution is -2.49. The van der Waals surface area contributed by atoms with Crippen LogP contribution >= 0.6 is 0 Å². The molecule has 0 bridgehead atoms. The van der Waals surface area contributed by atoms with Gasteiger partial charge in [0.05, 0.1) is 18.3 Å². The Bertz CT molecular complexity index is 1110. The van der Waals surface area contributed by atoms with Crippen molar-refractivity contribution in [2.75, 3.05) is 26.7 Å². The number of ether oxygens (including phenoxy) is 1. The molecule has 3 heterocycles. The molecule has 1 fully saturated rings. The van der Waals surface area contributed by atoms with E-state index in [1.54, 1.807) is 23.4 Å². The molecule has 3 atom stereocenters. The summed E-state index contributed by atoms with van der Waals surface area (Å²) in [5.74, 6) is 6.02. The molecule has 0 unspecified atom stereocenters. The van der Waals surface area contributed by atoms with E-state index in [1.165, 1.54) is 0 Å². The summed E-state index contributed by atoms with van der Waals surface area (Å²) in [5, 5.41) is 20.5. The Morgan fingerprint density at radius 3 is 2.78 bits per heavy atom. The van der Waals surface area contributed by atoms with E-state index in [9.17, 15) is 15.0 Å². The van der Waals surface area contributed by atoms with Crippen molar-refractivity contribution >= 4 is 5.91 Å². The van der Waals surface area contributed by atoms with Crippen LogP contribution in [0.25, 0.3) is 0 Å². The van der Waals surface area contributed by atoms with Crippen LogP contribution < -0.4 is 4.74 Å². The molecule has 0 saturated heterocycles. The second-order valence-electron chi connectivity index (χ2n) is 10.2. The lowest BCUT2D eigenvalue weighted by Gasteiger charge is -2.37. The number of amides is 1. The van der Waals surface area contributed by atoms with E-state index in [0.717, 1.165) is 18.5 Å². The normalized spacial score (nSPS) is 22.2. The first kappa shape index (κ1) is 26.1. The Balaban J connectivity index is 1.61. The highest BCUT2D eigenvalue weighted by molar-refractivity contribution is 5.97. The van der Waals surface area contributed by atoms with E-state index in [4.69, 9.17) is 4.74 Å². The molecule has 2 aromatic rings. The molecule has 1 aliphatic heterocycles. The number of carbonyl (C=O) groups excluding carboxylic acids is 1. The number of pyridine rings is 2. The summed E-state index contributed by atoms with van der Waals surface area (Å²) >= 11 is 0. The number of aromatic nitrogens is 2. The number of carbonyl (C=O) groups is 1. The molecule has 2 aliphatic rings. The van der Waals surface area contributed by atoms with Crippen LogP contribution in [-0.4, -0.2) is 80.4 Å². The third-order valence-electron chi connectivity index (χ3n) is 7.04. The quantitative estimate of drug-likeness (QED) is 0.598. The summed E-state index contributed by atoms with van der Waals surface area (Å²) < 4.78 is 6.36. The van der Waals surface area contributed by atoms with E-state index >= 15 is 0 Å². The van der Waals surface area contributed by atoms with E-state index in [2.05, 4.69) is 33.6 Å². The molecule has 1 amide bonds. The first-order valence-corrected chi connectivity index (χ1v) is 12.7. The van der Waals surface area contributed by atoms with Gasteiger partial charge in [-0.1, -0.05) is 24.8 Å². The molecule has 2 N–H and O–H groups in total. The highest BCUT2D eigenvalue weighted by Gasteiger charge is 2.34. The largest absolute Gasteiger partial charge is 0.472 e. The topological polar surface area (TPSA) is 99.0 Å². The van der Waals surface area contributed by atoms with E-state index in [0.29, 0.717) is 43.6 Å². The summed E-state index contributed by atoms with van der Waals surface area (Å²) in [6.45, 7) is 5.47. The van der Waals surface area contributed by atoms with Gasteiger partial charge in [-0.2, -0.15) is 0 Å². The third kappa shape index (κ3) is 6.22. The molecule has 0 radical (unpaired) electrons. The monoisotopic (exact) mass is 492 g/mol. The maximum Gasteiger partial charge on any atom is 0.259 e. The van der Waals surface area contributed by atoms with Gasteiger partial charge in [0.2, 0.25) is 5.88 Å². The molecule has 8 nitrogen and oxygen atoms in total. The molecule has 2 aromatic heterocycles. The van der Waals surface area contributed by atoms with Crippen LogP contribution in [0.2, 0.25) is 0 Å². The Labute approximate surface area is 213 Å². The fourth-order valence-corrected chi connectivity index (χ4v) is 4.80. The molecule has 36 heavy (non-hydrogen) atoms. The summed E-state index contributed by atoms with van der Waals surface area (Å²) in [6, 6.07) is 7.19. The van der Waals surface area contributed by atoms with Crippen LogP contribution in [0.5, 0.6) is 5.88 Å². The van der Waals surface area contributed by atoms with Crippen molar-refractivity contribution in [2.45, 2.75) is 63.8 Å². The highest BCUT2D eigenvalue weighted by atomic mass is 16.5. The second kappa shape index (κ2) is 11.4. The molecule has 8 heteroatoms. The van der Waals surface area contributed by atoms with Crippen molar-refractivity contribution in [3.63, 3.8) is 0 Å². The summed E-state index contributed by atoms with van der Waals surface area (Å²) in [7, 11) is 2.02. The Morgan fingerprint density at radius 2 is 2.08 bits per heavy atom. The van der Waals surface area contributed by atoms with Gasteiger partial charge in [-0.25, -0.2) is 4.98 Å². The van der Waals surface area contributed by atoms with Gasteiger partial charge >= 0.3 is 0 Å². The molecular weight excluding hydrogens is 456 g/mol. The van der Waals surface area contributed by atoms with Gasteiger partial charge in [0.15, 0.2) is 0 Å². The number of fused-ring (bicyclic) bond motifs is 1. The fourth-order valence-electron chi connectivity index (χ4n) is 4.80. The van der Waals surface area contributed by atoms with Crippen molar-refractivity contribution < 1.29 is 19.7 Å². The number of rotatable bonds is 6. The third-order valence-corrected chi connectivity index (χ3v) is 7.04. The zero-order valence-corrected chi connectivity index (χ0v) is 21.4. The molecule has 0 aromatic carbocycles. The number of aliphatic hydroxyl groups excluding tert-OH is 1. The van der Waals surface area contributed by atoms with E-state index in [1.807, 2.05) is 32.2 Å². The highest BCUT2D eigenvalue weighted by Crippen LogP contribution is 2.30. The van der Waals surface area contributed by atoms with Crippen molar-refractivity contribution in [1.29, 1.82) is 0 Å². The van der Waals surface area contributed by atoms with Gasteiger partial charge in [0.25, 0.3) is 5.91 Å². The smallest absolute Gasteiger partial charge is 0.259 e. The average molecular weight is 493 g/mol. The molecule has 4 rings (SSSR count). The zero-order chi connectivity index (χ0) is 25.7. The standard InChI is InChI=1S/C28H36N4O4/c1-20-16-32(21(2)19-33)27(34)24-14-22(9-12-28(35)10-5-6-11-28)15-30-26(24)36-25(20)18-31(3)17-23-8-4-7-13-29-23/h4,7-8,13-15,20-21,25,33,35H,5-6,10-11,16-19H2,1-3H3/t20-,21-,25-/m0/s1. The van der Waals surface area contributed by atoms with Gasteiger partial charge in [-0.3, -0.25) is 14.7 Å². The first-order chi connectivity index (χ1) is 17.3. The van der Waals surface area contributed by atoms with Crippen molar-refractivity contribution in [3.8, 4) is 17.7 Å². The molecule has 1 saturated carbocycles. The van der Waals surface area contributed by atoms with Crippen molar-refractivity contribution in [1.82, 2.24) is 19.8 Å². The Kier molecular flexibility index (Phi) is 8.24. The number of nitrogens with zero attached hydrogens (tertiary/aromatic N) is 4. The zero-order valence-electron chi connectivity index (χ0n) is 21.4. The summed E-state index contributed by atoms with van der Waals surface area (Å²) in [6.07, 6.45) is 6.39. The lowest BCUT2D eigenvalue weighted by molar-refractivity contribution is 0.0324. The minimum Gasteiger partial charge on any atom is -0.472 e. The number of aliphatic hydroxyl groups is 2. The van der Waals surface area contributed by atoms with Gasteiger partial charge in [0, 0.05) is 43.5 Å². The van der Waals surface area contributed by atoms with Gasteiger partial charge in [-0.05, 0) is 57.9 Å². The van der Waals surface area contributed by atoms with Gasteiger partial charge < -0.3 is 19.8 Å². The van der Waals surface area contributed by atoms with E-state index in [-0.39, 0.29) is 36.5 Å². The van der Waals surface area contributed by atoms with Crippen LogP contribution in [0.15, 0.2) is 36.7 Å². The van der Waals surface area contributed by atoms with Gasteiger partial charge in [-0.15, -0.1) is 0 Å². The van der Waals surface area contributed by atoms with Crippen molar-refractivity contribution in [2.24, 2.45) is 5.92 Å². The Morgan fingerprint density at radius 1 is 1.31 bits per heavy atom.